The first-order chi connectivity index (χ1) is 11.1. The number of carbonyl (C=O) groups is 1. The third kappa shape index (κ3) is 4.03. The molecule has 3 N–H and O–H groups in total. The Morgan fingerprint density at radius 1 is 1.35 bits per heavy atom. The fourth-order valence-electron chi connectivity index (χ4n) is 3.56. The largest absolute Gasteiger partial charge is 0.370 e. The lowest BCUT2D eigenvalue weighted by Gasteiger charge is -2.31. The summed E-state index contributed by atoms with van der Waals surface area (Å²) in [5.74, 6) is 1.03. The van der Waals surface area contributed by atoms with Crippen LogP contribution in [0.5, 0.6) is 0 Å². The second-order valence-electron chi connectivity index (χ2n) is 6.66. The number of nitrogens with one attached hydrogen (secondary N) is 1. The van der Waals surface area contributed by atoms with E-state index in [0.29, 0.717) is 18.4 Å². The van der Waals surface area contributed by atoms with Gasteiger partial charge in [0.2, 0.25) is 5.91 Å². The van der Waals surface area contributed by atoms with Crippen molar-refractivity contribution >= 4 is 17.6 Å². The van der Waals surface area contributed by atoms with Crippen molar-refractivity contribution < 1.29 is 4.79 Å². The number of rotatable bonds is 3. The Balaban J connectivity index is 1.54. The van der Waals surface area contributed by atoms with Gasteiger partial charge in [-0.3, -0.25) is 9.79 Å². The van der Waals surface area contributed by atoms with Gasteiger partial charge >= 0.3 is 0 Å². The lowest BCUT2D eigenvalue weighted by atomic mass is 9.98. The summed E-state index contributed by atoms with van der Waals surface area (Å²) in [6, 6.07) is 6.44. The van der Waals surface area contributed by atoms with Gasteiger partial charge in [-0.1, -0.05) is 6.07 Å². The molecule has 5 heteroatoms. The van der Waals surface area contributed by atoms with E-state index < -0.39 is 0 Å². The van der Waals surface area contributed by atoms with Crippen molar-refractivity contribution in [3.8, 4) is 0 Å². The molecule has 23 heavy (non-hydrogen) atoms. The van der Waals surface area contributed by atoms with Crippen LogP contribution in [0.2, 0.25) is 0 Å². The van der Waals surface area contributed by atoms with Crippen LogP contribution in [0.4, 0.5) is 5.69 Å². The Hall–Kier alpha value is -2.04. The summed E-state index contributed by atoms with van der Waals surface area (Å²) >= 11 is 0. The van der Waals surface area contributed by atoms with Crippen molar-refractivity contribution in [3.05, 3.63) is 29.3 Å². The van der Waals surface area contributed by atoms with Gasteiger partial charge in [0, 0.05) is 32.2 Å². The average molecular weight is 314 g/mol. The molecule has 3 rings (SSSR count). The molecule has 0 aromatic heterocycles. The Morgan fingerprint density at radius 2 is 2.17 bits per heavy atom. The van der Waals surface area contributed by atoms with E-state index in [2.05, 4.69) is 28.5 Å². The number of aryl methyl sites for hydroxylation is 2. The van der Waals surface area contributed by atoms with E-state index in [1.807, 2.05) is 4.90 Å². The summed E-state index contributed by atoms with van der Waals surface area (Å²) in [6.45, 7) is 3.98. The van der Waals surface area contributed by atoms with Gasteiger partial charge in [-0.2, -0.15) is 0 Å². The number of nitrogens with two attached hydrogens (primary N) is 1. The van der Waals surface area contributed by atoms with Crippen LogP contribution in [0, 0.1) is 5.92 Å². The molecule has 2 aliphatic rings. The number of piperidine rings is 1. The summed E-state index contributed by atoms with van der Waals surface area (Å²) < 4.78 is 0. The minimum atomic E-state index is 0.155. The number of likely N-dealkylation sites (tertiary alicyclic amines) is 1. The molecule has 1 amide bonds. The van der Waals surface area contributed by atoms with Crippen LogP contribution in [-0.2, 0) is 17.6 Å². The molecule has 0 spiro atoms. The predicted molar refractivity (Wildman–Crippen MR) is 93.6 cm³/mol. The van der Waals surface area contributed by atoms with Crippen molar-refractivity contribution in [2.24, 2.45) is 16.6 Å². The molecule has 1 aliphatic carbocycles. The van der Waals surface area contributed by atoms with E-state index in [0.717, 1.165) is 38.0 Å². The molecule has 124 valence electrons. The number of fused-ring (bicyclic) bond motifs is 1. The highest BCUT2D eigenvalue weighted by Crippen LogP contribution is 2.24. The monoisotopic (exact) mass is 314 g/mol. The van der Waals surface area contributed by atoms with Gasteiger partial charge < -0.3 is 16.0 Å². The molecular weight excluding hydrogens is 288 g/mol. The van der Waals surface area contributed by atoms with Gasteiger partial charge in [0.15, 0.2) is 5.96 Å². The Bertz CT molecular complexity index is 611. The highest BCUT2D eigenvalue weighted by molar-refractivity contribution is 5.92. The van der Waals surface area contributed by atoms with E-state index in [9.17, 15) is 4.79 Å². The number of hydrogen-bond acceptors (Lipinski definition) is 2. The molecule has 5 nitrogen and oxygen atoms in total. The van der Waals surface area contributed by atoms with Crippen LogP contribution < -0.4 is 11.1 Å². The number of anilines is 1. The summed E-state index contributed by atoms with van der Waals surface area (Å²) in [6.07, 6.45) is 5.76. The Kier molecular flexibility index (Phi) is 4.84. The molecule has 1 unspecified atom stereocenters. The van der Waals surface area contributed by atoms with E-state index >= 15 is 0 Å². The van der Waals surface area contributed by atoms with Gasteiger partial charge in [-0.05, 0) is 61.3 Å². The average Bonchev–Trinajstić information content (AvgIpc) is 3.01. The summed E-state index contributed by atoms with van der Waals surface area (Å²) in [5, 5.41) is 3.19. The van der Waals surface area contributed by atoms with Gasteiger partial charge in [0.25, 0.3) is 0 Å². The van der Waals surface area contributed by atoms with Gasteiger partial charge in [-0.15, -0.1) is 0 Å². The van der Waals surface area contributed by atoms with Gasteiger partial charge in [0.1, 0.15) is 0 Å². The zero-order valence-corrected chi connectivity index (χ0v) is 13.8. The van der Waals surface area contributed by atoms with Crippen LogP contribution >= 0.6 is 0 Å². The third-order valence-corrected chi connectivity index (χ3v) is 4.86. The summed E-state index contributed by atoms with van der Waals surface area (Å²) in [5.41, 5.74) is 9.92. The van der Waals surface area contributed by atoms with Crippen molar-refractivity contribution in [1.82, 2.24) is 4.90 Å². The lowest BCUT2D eigenvalue weighted by molar-refractivity contribution is -0.130. The summed E-state index contributed by atoms with van der Waals surface area (Å²) in [7, 11) is 0. The number of aliphatic imine (C=N–C) groups is 1. The second-order valence-corrected chi connectivity index (χ2v) is 6.66. The molecule has 1 fully saturated rings. The number of benzene rings is 1. The molecule has 1 atom stereocenters. The summed E-state index contributed by atoms with van der Waals surface area (Å²) in [4.78, 5) is 17.9. The van der Waals surface area contributed by atoms with Crippen LogP contribution in [0.25, 0.3) is 0 Å². The Labute approximate surface area is 138 Å². The fourth-order valence-corrected chi connectivity index (χ4v) is 3.56. The maximum atomic E-state index is 11.5. The van der Waals surface area contributed by atoms with Crippen LogP contribution in [0.15, 0.2) is 23.2 Å². The molecule has 1 aromatic rings. The van der Waals surface area contributed by atoms with Crippen molar-refractivity contribution in [2.45, 2.75) is 39.0 Å². The smallest absolute Gasteiger partial charge is 0.219 e. The van der Waals surface area contributed by atoms with Crippen molar-refractivity contribution in [1.29, 1.82) is 0 Å². The van der Waals surface area contributed by atoms with Gasteiger partial charge in [-0.25, -0.2) is 0 Å². The molecule has 0 radical (unpaired) electrons. The van der Waals surface area contributed by atoms with Crippen LogP contribution in [0.1, 0.15) is 37.3 Å². The zero-order chi connectivity index (χ0) is 16.2. The first-order valence-corrected chi connectivity index (χ1v) is 8.56. The highest BCUT2D eigenvalue weighted by Gasteiger charge is 2.21. The fraction of sp³-hybridized carbons (Fsp3) is 0.556. The minimum Gasteiger partial charge on any atom is -0.370 e. The van der Waals surface area contributed by atoms with Crippen molar-refractivity contribution in [3.63, 3.8) is 0 Å². The lowest BCUT2D eigenvalue weighted by Crippen LogP contribution is -2.39. The topological polar surface area (TPSA) is 70.7 Å². The first kappa shape index (κ1) is 15.8. The van der Waals surface area contributed by atoms with Crippen molar-refractivity contribution in [2.75, 3.05) is 25.0 Å². The van der Waals surface area contributed by atoms with E-state index in [-0.39, 0.29) is 5.91 Å². The standard InChI is InChI=1S/C18H26N4O/c1-13(23)22-9-3-4-14(12-22)11-20-18(19)21-17-8-7-15-5-2-6-16(15)10-17/h7-8,10,14H,2-6,9,11-12H2,1H3,(H3,19,20,21). The van der Waals surface area contributed by atoms with Gasteiger partial charge in [0.05, 0.1) is 0 Å². The van der Waals surface area contributed by atoms with E-state index in [1.54, 1.807) is 6.92 Å². The SMILES string of the molecule is CC(=O)N1CCCC(CN=C(N)Nc2ccc3c(c2)CCC3)C1. The highest BCUT2D eigenvalue weighted by atomic mass is 16.2. The quantitative estimate of drug-likeness (QED) is 0.663. The molecule has 1 saturated heterocycles. The Morgan fingerprint density at radius 3 is 3.00 bits per heavy atom. The van der Waals surface area contributed by atoms with Crippen LogP contribution in [0.3, 0.4) is 0 Å². The number of guanidine groups is 1. The third-order valence-electron chi connectivity index (χ3n) is 4.86. The zero-order valence-electron chi connectivity index (χ0n) is 13.8. The molecule has 1 aromatic carbocycles. The molecule has 1 aliphatic heterocycles. The maximum Gasteiger partial charge on any atom is 0.219 e. The second kappa shape index (κ2) is 7.02. The maximum absolute atomic E-state index is 11.5. The number of hydrogen-bond donors (Lipinski definition) is 2. The molecule has 1 heterocycles. The number of carbonyl (C=O) groups excluding carboxylic acids is 1. The van der Waals surface area contributed by atoms with Crippen LogP contribution in [-0.4, -0.2) is 36.4 Å². The van der Waals surface area contributed by atoms with E-state index in [4.69, 9.17) is 5.73 Å². The molecular formula is C18H26N4O. The number of nitrogens with zero attached hydrogens (tertiary/aromatic N) is 2. The number of amides is 1. The van der Waals surface area contributed by atoms with E-state index in [1.165, 1.54) is 24.0 Å². The minimum absolute atomic E-state index is 0.155. The molecule has 0 bridgehead atoms. The predicted octanol–water partition coefficient (Wildman–Crippen LogP) is 2.16. The molecule has 0 saturated carbocycles. The normalized spacial score (nSPS) is 21.2. The first-order valence-electron chi connectivity index (χ1n) is 8.56.